The highest BCUT2D eigenvalue weighted by molar-refractivity contribution is 6.15. The van der Waals surface area contributed by atoms with E-state index in [0.717, 1.165) is 50.0 Å². The molecule has 0 saturated heterocycles. The van der Waals surface area contributed by atoms with Crippen molar-refractivity contribution in [2.24, 2.45) is 0 Å². The number of hydrogen-bond donors (Lipinski definition) is 0. The van der Waals surface area contributed by atoms with Crippen LogP contribution in [-0.4, -0.2) is 24.1 Å². The topological polar surface area (TPSA) is 48.5 Å². The number of rotatable bonds is 2. The van der Waals surface area contributed by atoms with Gasteiger partial charge in [-0.05, 0) is 48.5 Å². The molecule has 0 unspecified atom stereocenters. The van der Waals surface area contributed by atoms with Crippen molar-refractivity contribution in [3.63, 3.8) is 0 Å². The van der Waals surface area contributed by atoms with Crippen LogP contribution in [0.3, 0.4) is 0 Å². The maximum atomic E-state index is 5.26. The average Bonchev–Trinajstić information content (AvgIpc) is 3.36. The van der Waals surface area contributed by atoms with Crippen LogP contribution in [0.4, 0.5) is 0 Å². The molecule has 7 rings (SSSR count). The van der Waals surface area contributed by atoms with Crippen molar-refractivity contribution >= 4 is 44.0 Å². The highest BCUT2D eigenvalue weighted by atomic mass is 15.1. The predicted molar refractivity (Wildman–Crippen MR) is 129 cm³/mol. The first kappa shape index (κ1) is 17.2. The molecule has 5 heteroatoms. The van der Waals surface area contributed by atoms with E-state index in [0.29, 0.717) is 0 Å². The Balaban J connectivity index is 1.71. The van der Waals surface area contributed by atoms with Crippen molar-refractivity contribution in [2.45, 2.75) is 0 Å². The van der Waals surface area contributed by atoms with Gasteiger partial charge in [0, 0.05) is 34.2 Å². The molecule has 0 amide bonds. The molecule has 0 spiro atoms. The smallest absolute Gasteiger partial charge is 0.149 e. The van der Waals surface area contributed by atoms with Gasteiger partial charge in [-0.2, -0.15) is 0 Å². The lowest BCUT2D eigenvalue weighted by atomic mass is 10.1. The lowest BCUT2D eigenvalue weighted by molar-refractivity contribution is 1.09. The molecule has 0 aliphatic carbocycles. The van der Waals surface area contributed by atoms with Crippen molar-refractivity contribution in [1.82, 2.24) is 24.1 Å². The zero-order valence-corrected chi connectivity index (χ0v) is 17.1. The van der Waals surface area contributed by atoms with E-state index in [9.17, 15) is 0 Å². The summed E-state index contributed by atoms with van der Waals surface area (Å²) in [5.74, 6) is 0. The number of para-hydroxylation sites is 2. The van der Waals surface area contributed by atoms with Crippen LogP contribution in [0, 0.1) is 0 Å². The van der Waals surface area contributed by atoms with Gasteiger partial charge in [0.25, 0.3) is 0 Å². The quantitative estimate of drug-likeness (QED) is 0.347. The van der Waals surface area contributed by atoms with Gasteiger partial charge < -0.3 is 0 Å². The summed E-state index contributed by atoms with van der Waals surface area (Å²) in [6.07, 6.45) is 5.49. The number of pyridine rings is 3. The number of hydrogen-bond acceptors (Lipinski definition) is 3. The lowest BCUT2D eigenvalue weighted by Crippen LogP contribution is -1.98. The highest BCUT2D eigenvalue weighted by Crippen LogP contribution is 2.36. The molecular weight excluding hydrogens is 394 g/mol. The largest absolute Gasteiger partial charge is 0.294 e. The van der Waals surface area contributed by atoms with Gasteiger partial charge in [-0.3, -0.25) is 19.1 Å². The molecule has 5 heterocycles. The van der Waals surface area contributed by atoms with Crippen molar-refractivity contribution in [3.8, 4) is 11.4 Å². The summed E-state index contributed by atoms with van der Waals surface area (Å²) in [7, 11) is 0. The molecule has 0 aliphatic rings. The van der Waals surface area contributed by atoms with E-state index in [4.69, 9.17) is 9.97 Å². The van der Waals surface area contributed by atoms with E-state index in [2.05, 4.69) is 80.8 Å². The van der Waals surface area contributed by atoms with E-state index >= 15 is 0 Å². The number of benzene rings is 2. The molecule has 2 aromatic carbocycles. The maximum absolute atomic E-state index is 5.26. The minimum absolute atomic E-state index is 0.874. The third-order valence-electron chi connectivity index (χ3n) is 6.04. The summed E-state index contributed by atoms with van der Waals surface area (Å²) >= 11 is 0. The van der Waals surface area contributed by atoms with E-state index in [1.807, 2.05) is 30.6 Å². The summed E-state index contributed by atoms with van der Waals surface area (Å²) in [4.78, 5) is 14.3. The van der Waals surface area contributed by atoms with Gasteiger partial charge in [0.1, 0.15) is 11.3 Å². The fraction of sp³-hybridized carbons (Fsp3) is 0. The van der Waals surface area contributed by atoms with Crippen molar-refractivity contribution in [3.05, 3.63) is 104 Å². The van der Waals surface area contributed by atoms with Crippen LogP contribution in [0.1, 0.15) is 0 Å². The second kappa shape index (κ2) is 6.49. The van der Waals surface area contributed by atoms with Crippen LogP contribution in [0.2, 0.25) is 0 Å². The zero-order valence-electron chi connectivity index (χ0n) is 17.1. The molecule has 0 fully saturated rings. The standard InChI is InChI=1S/C27H17N5/c1-2-8-18(9-3-1)31-23-12-5-4-11-20(23)21-16-22-25-24(13-7-15-29-25)32(27(22)30-26(21)31)19-10-6-14-28-17-19/h1-17H. The van der Waals surface area contributed by atoms with E-state index < -0.39 is 0 Å². The third-order valence-corrected chi connectivity index (χ3v) is 6.04. The fourth-order valence-electron chi connectivity index (χ4n) is 4.70. The van der Waals surface area contributed by atoms with Crippen LogP contribution >= 0.6 is 0 Å². The predicted octanol–water partition coefficient (Wildman–Crippen LogP) is 6.07. The summed E-state index contributed by atoms with van der Waals surface area (Å²) in [5.41, 5.74) is 6.96. The molecule has 7 aromatic rings. The summed E-state index contributed by atoms with van der Waals surface area (Å²) in [6, 6.07) is 29.2. The molecule has 32 heavy (non-hydrogen) atoms. The second-order valence-electron chi connectivity index (χ2n) is 7.84. The third kappa shape index (κ3) is 2.30. The fourth-order valence-corrected chi connectivity index (χ4v) is 4.70. The SMILES string of the molecule is c1ccc(-n2c3ccccc3c3cc4c5ncccc5n(-c5cccnc5)c4nc32)cc1. The molecule has 0 N–H and O–H groups in total. The van der Waals surface area contributed by atoms with Gasteiger partial charge in [-0.15, -0.1) is 0 Å². The minimum atomic E-state index is 0.874. The van der Waals surface area contributed by atoms with Gasteiger partial charge >= 0.3 is 0 Å². The highest BCUT2D eigenvalue weighted by Gasteiger charge is 2.19. The van der Waals surface area contributed by atoms with Crippen molar-refractivity contribution in [1.29, 1.82) is 0 Å². The lowest BCUT2D eigenvalue weighted by Gasteiger charge is -2.08. The van der Waals surface area contributed by atoms with Gasteiger partial charge in [0.05, 0.1) is 28.4 Å². The Labute approximate surface area is 183 Å². The summed E-state index contributed by atoms with van der Waals surface area (Å²) in [6.45, 7) is 0. The van der Waals surface area contributed by atoms with Crippen LogP contribution in [0.5, 0.6) is 0 Å². The Morgan fingerprint density at radius 2 is 1.28 bits per heavy atom. The van der Waals surface area contributed by atoms with Crippen LogP contribution in [0.15, 0.2) is 104 Å². The van der Waals surface area contributed by atoms with Crippen LogP contribution in [-0.2, 0) is 0 Å². The molecule has 5 nitrogen and oxygen atoms in total. The zero-order chi connectivity index (χ0) is 21.1. The van der Waals surface area contributed by atoms with E-state index in [1.165, 1.54) is 5.39 Å². The molecule has 150 valence electrons. The Morgan fingerprint density at radius 1 is 0.562 bits per heavy atom. The maximum Gasteiger partial charge on any atom is 0.149 e. The molecule has 0 radical (unpaired) electrons. The Hall–Kier alpha value is -4.51. The molecule has 5 aromatic heterocycles. The van der Waals surface area contributed by atoms with E-state index in [1.54, 1.807) is 6.20 Å². The second-order valence-corrected chi connectivity index (χ2v) is 7.84. The normalized spacial score (nSPS) is 11.8. The first-order chi connectivity index (χ1) is 15.9. The van der Waals surface area contributed by atoms with Gasteiger partial charge in [0.2, 0.25) is 0 Å². The first-order valence-corrected chi connectivity index (χ1v) is 10.6. The first-order valence-electron chi connectivity index (χ1n) is 10.6. The molecule has 0 aliphatic heterocycles. The van der Waals surface area contributed by atoms with Gasteiger partial charge in [-0.1, -0.05) is 36.4 Å². The summed E-state index contributed by atoms with van der Waals surface area (Å²) < 4.78 is 4.39. The number of aromatic nitrogens is 5. The van der Waals surface area contributed by atoms with Crippen molar-refractivity contribution < 1.29 is 0 Å². The molecule has 0 atom stereocenters. The minimum Gasteiger partial charge on any atom is -0.294 e. The van der Waals surface area contributed by atoms with Gasteiger partial charge in [-0.25, -0.2) is 4.98 Å². The molecule has 0 bridgehead atoms. The Kier molecular flexibility index (Phi) is 3.49. The van der Waals surface area contributed by atoms with Crippen molar-refractivity contribution in [2.75, 3.05) is 0 Å². The van der Waals surface area contributed by atoms with Crippen LogP contribution in [0.25, 0.3) is 55.4 Å². The monoisotopic (exact) mass is 411 g/mol. The Morgan fingerprint density at radius 3 is 2.16 bits per heavy atom. The van der Waals surface area contributed by atoms with Gasteiger partial charge in [0.15, 0.2) is 0 Å². The van der Waals surface area contributed by atoms with Crippen LogP contribution < -0.4 is 0 Å². The molecule has 0 saturated carbocycles. The number of nitrogens with zero attached hydrogens (tertiary/aromatic N) is 5. The average molecular weight is 411 g/mol. The summed E-state index contributed by atoms with van der Waals surface area (Å²) in [5, 5.41) is 3.33. The Bertz CT molecular complexity index is 1630. The van der Waals surface area contributed by atoms with E-state index in [-0.39, 0.29) is 0 Å². The molecular formula is C27H17N5. The number of fused-ring (bicyclic) bond motifs is 6.